The lowest BCUT2D eigenvalue weighted by atomic mass is 10.2. The summed E-state index contributed by atoms with van der Waals surface area (Å²) in [4.78, 5) is 2.43. The summed E-state index contributed by atoms with van der Waals surface area (Å²) >= 11 is 0. The molecule has 2 rings (SSSR count). The molecule has 0 aromatic heterocycles. The highest BCUT2D eigenvalue weighted by atomic mass is 16.5. The van der Waals surface area contributed by atoms with Gasteiger partial charge in [-0.15, -0.1) is 0 Å². The maximum atomic E-state index is 5.23. The lowest BCUT2D eigenvalue weighted by Crippen LogP contribution is -2.32. The molecule has 1 heterocycles. The van der Waals surface area contributed by atoms with Gasteiger partial charge in [0.2, 0.25) is 0 Å². The number of methoxy groups -OCH3 is 1. The van der Waals surface area contributed by atoms with E-state index in [1.54, 1.807) is 7.11 Å². The molecule has 1 aliphatic rings. The first-order valence-corrected chi connectivity index (χ1v) is 5.13. The van der Waals surface area contributed by atoms with Crippen molar-refractivity contribution in [1.29, 1.82) is 0 Å². The van der Waals surface area contributed by atoms with Crippen LogP contribution in [0.3, 0.4) is 0 Å². The number of ether oxygens (including phenoxy) is 1. The van der Waals surface area contributed by atoms with Crippen LogP contribution in [-0.2, 0) is 4.74 Å². The highest BCUT2D eigenvalue weighted by molar-refractivity contribution is 5.47. The van der Waals surface area contributed by atoms with Crippen molar-refractivity contribution in [3.05, 3.63) is 30.3 Å². The fourth-order valence-corrected chi connectivity index (χ4v) is 2.11. The van der Waals surface area contributed by atoms with Gasteiger partial charge in [-0.05, 0) is 31.0 Å². The van der Waals surface area contributed by atoms with Crippen LogP contribution < -0.4 is 4.90 Å². The van der Waals surface area contributed by atoms with Gasteiger partial charge in [0, 0.05) is 19.3 Å². The number of hydrogen-bond acceptors (Lipinski definition) is 2. The van der Waals surface area contributed by atoms with E-state index in [2.05, 4.69) is 23.1 Å². The Hall–Kier alpha value is -1.02. The van der Waals surface area contributed by atoms with Crippen LogP contribution in [0.1, 0.15) is 12.8 Å². The molecule has 0 saturated carbocycles. The Labute approximate surface area is 85.5 Å². The van der Waals surface area contributed by atoms with E-state index >= 15 is 0 Å². The van der Waals surface area contributed by atoms with Crippen LogP contribution in [0.25, 0.3) is 0 Å². The molecule has 75 valence electrons. The predicted molar refractivity (Wildman–Crippen MR) is 57.5 cm³/mol. The van der Waals surface area contributed by atoms with Crippen LogP contribution in [0.4, 0.5) is 5.69 Å². The molecule has 14 heavy (non-hydrogen) atoms. The molecule has 1 aromatic rings. The third-order valence-corrected chi connectivity index (χ3v) is 2.77. The van der Waals surface area contributed by atoms with Crippen molar-refractivity contribution < 1.29 is 4.74 Å². The zero-order valence-electron chi connectivity index (χ0n) is 8.57. The molecule has 2 nitrogen and oxygen atoms in total. The third kappa shape index (κ3) is 1.90. The van der Waals surface area contributed by atoms with Crippen molar-refractivity contribution in [2.75, 3.05) is 25.2 Å². The summed E-state index contributed by atoms with van der Waals surface area (Å²) in [5.74, 6) is 0. The summed E-state index contributed by atoms with van der Waals surface area (Å²) in [7, 11) is 1.77. The third-order valence-electron chi connectivity index (χ3n) is 2.77. The second-order valence-electron chi connectivity index (χ2n) is 3.70. The summed E-state index contributed by atoms with van der Waals surface area (Å²) < 4.78 is 5.23. The average molecular weight is 190 g/mol. The fraction of sp³-hybridized carbons (Fsp3) is 0.500. The Balaban J connectivity index is 2.10. The Morgan fingerprint density at radius 1 is 1.50 bits per heavy atom. The molecular weight excluding hydrogens is 174 g/mol. The van der Waals surface area contributed by atoms with Gasteiger partial charge in [-0.2, -0.15) is 0 Å². The summed E-state index contributed by atoms with van der Waals surface area (Å²) in [5, 5.41) is 0. The topological polar surface area (TPSA) is 12.5 Å². The van der Waals surface area contributed by atoms with E-state index in [9.17, 15) is 0 Å². The van der Waals surface area contributed by atoms with Crippen LogP contribution >= 0.6 is 0 Å². The fourth-order valence-electron chi connectivity index (χ4n) is 2.11. The monoisotopic (exact) mass is 190 g/mol. The minimum absolute atomic E-state index is 0.558. The Morgan fingerprint density at radius 2 is 2.29 bits per heavy atom. The van der Waals surface area contributed by atoms with Crippen LogP contribution in [-0.4, -0.2) is 26.3 Å². The van der Waals surface area contributed by atoms with Gasteiger partial charge in [0.1, 0.15) is 0 Å². The first-order chi connectivity index (χ1) is 6.92. The molecule has 1 fully saturated rings. The van der Waals surface area contributed by atoms with Crippen LogP contribution in [0, 0.1) is 6.07 Å². The van der Waals surface area contributed by atoms with Crippen molar-refractivity contribution in [2.45, 2.75) is 18.9 Å². The van der Waals surface area contributed by atoms with Gasteiger partial charge in [0.25, 0.3) is 0 Å². The predicted octanol–water partition coefficient (Wildman–Crippen LogP) is 2.10. The van der Waals surface area contributed by atoms with Gasteiger partial charge in [0.15, 0.2) is 0 Å². The zero-order valence-corrected chi connectivity index (χ0v) is 8.57. The lowest BCUT2D eigenvalue weighted by molar-refractivity contribution is 0.181. The molecule has 2 heteroatoms. The number of nitrogens with zero attached hydrogens (tertiary/aromatic N) is 1. The lowest BCUT2D eigenvalue weighted by Gasteiger charge is -2.26. The van der Waals surface area contributed by atoms with Crippen molar-refractivity contribution in [3.63, 3.8) is 0 Å². The highest BCUT2D eigenvalue weighted by Crippen LogP contribution is 2.24. The Kier molecular flexibility index (Phi) is 3.04. The van der Waals surface area contributed by atoms with Crippen LogP contribution in [0.15, 0.2) is 24.3 Å². The molecule has 1 aromatic carbocycles. The molecule has 1 radical (unpaired) electrons. The second-order valence-corrected chi connectivity index (χ2v) is 3.70. The molecule has 1 saturated heterocycles. The first-order valence-electron chi connectivity index (χ1n) is 5.13. The molecule has 0 unspecified atom stereocenters. The largest absolute Gasteiger partial charge is 0.383 e. The van der Waals surface area contributed by atoms with E-state index in [1.165, 1.54) is 18.5 Å². The van der Waals surface area contributed by atoms with E-state index in [-0.39, 0.29) is 0 Å². The van der Waals surface area contributed by atoms with Crippen molar-refractivity contribution in [1.82, 2.24) is 0 Å². The molecule has 0 amide bonds. The summed E-state index contributed by atoms with van der Waals surface area (Å²) in [5.41, 5.74) is 1.29. The summed E-state index contributed by atoms with van der Waals surface area (Å²) in [6.45, 7) is 1.98. The van der Waals surface area contributed by atoms with Gasteiger partial charge in [0.05, 0.1) is 12.6 Å². The number of hydrogen-bond donors (Lipinski definition) is 0. The molecule has 0 bridgehead atoms. The molecule has 1 aliphatic heterocycles. The minimum atomic E-state index is 0.558. The summed E-state index contributed by atoms with van der Waals surface area (Å²) in [6.07, 6.45) is 2.51. The second kappa shape index (κ2) is 4.47. The normalized spacial score (nSPS) is 21.5. The van der Waals surface area contributed by atoms with Crippen LogP contribution in [0.2, 0.25) is 0 Å². The standard InChI is InChI=1S/C12H16NO/c1-14-10-12-8-5-9-13(12)11-6-3-2-4-7-11/h3-4,6-7,12H,5,8-10H2,1H3/t12-/m0/s1. The maximum Gasteiger partial charge on any atom is 0.0666 e. The van der Waals surface area contributed by atoms with E-state index < -0.39 is 0 Å². The number of rotatable bonds is 3. The average Bonchev–Trinajstić information content (AvgIpc) is 2.68. The van der Waals surface area contributed by atoms with E-state index in [0.717, 1.165) is 13.2 Å². The van der Waals surface area contributed by atoms with Crippen molar-refractivity contribution in [3.8, 4) is 0 Å². The summed E-state index contributed by atoms with van der Waals surface area (Å²) in [6, 6.07) is 11.8. The molecule has 1 atom stereocenters. The van der Waals surface area contributed by atoms with Crippen molar-refractivity contribution >= 4 is 5.69 Å². The molecule has 0 spiro atoms. The SMILES string of the molecule is COC[C@@H]1CCCN1c1cc[c]cc1. The minimum Gasteiger partial charge on any atom is -0.383 e. The number of anilines is 1. The molecular formula is C12H16NO. The molecule has 0 N–H and O–H groups in total. The van der Waals surface area contributed by atoms with E-state index in [0.29, 0.717) is 6.04 Å². The zero-order chi connectivity index (χ0) is 9.80. The van der Waals surface area contributed by atoms with E-state index in [4.69, 9.17) is 4.74 Å². The number of benzene rings is 1. The maximum absolute atomic E-state index is 5.23. The Bertz CT molecular complexity index is 273. The van der Waals surface area contributed by atoms with Gasteiger partial charge < -0.3 is 9.64 Å². The highest BCUT2D eigenvalue weighted by Gasteiger charge is 2.23. The van der Waals surface area contributed by atoms with Gasteiger partial charge in [-0.1, -0.05) is 12.1 Å². The van der Waals surface area contributed by atoms with Gasteiger partial charge in [-0.3, -0.25) is 0 Å². The Morgan fingerprint density at radius 3 is 3.00 bits per heavy atom. The van der Waals surface area contributed by atoms with E-state index in [1.807, 2.05) is 12.1 Å². The smallest absolute Gasteiger partial charge is 0.0666 e. The quantitative estimate of drug-likeness (QED) is 0.723. The first kappa shape index (κ1) is 9.53. The van der Waals surface area contributed by atoms with Crippen molar-refractivity contribution in [2.24, 2.45) is 0 Å². The van der Waals surface area contributed by atoms with Gasteiger partial charge >= 0.3 is 0 Å². The molecule has 0 aliphatic carbocycles. The van der Waals surface area contributed by atoms with Gasteiger partial charge in [-0.25, -0.2) is 0 Å². The van der Waals surface area contributed by atoms with Crippen LogP contribution in [0.5, 0.6) is 0 Å².